The van der Waals surface area contributed by atoms with Gasteiger partial charge in [0.1, 0.15) is 86.5 Å². The second kappa shape index (κ2) is 26.4. The summed E-state index contributed by atoms with van der Waals surface area (Å²) >= 11 is 0. The van der Waals surface area contributed by atoms with Crippen LogP contribution in [0.4, 0.5) is 0 Å². The molecule has 0 saturated heterocycles. The Bertz CT molecular complexity index is 3850. The van der Waals surface area contributed by atoms with Crippen LogP contribution in [0.3, 0.4) is 0 Å². The lowest BCUT2D eigenvalue weighted by atomic mass is 9.86. The minimum absolute atomic E-state index is 0.208. The van der Waals surface area contributed by atoms with Crippen molar-refractivity contribution < 1.29 is 43.1 Å². The molecule has 9 heteroatoms. The SMILES string of the molecule is O=C(O)c1ccc(-c2c3ccccc3c(-c3ccc(OCc4cc(OCc5cc(OCc6ccccc6)cc(OCc6ccccc6)c5)cc(OCc5cc(OCc6ccccc6)cc(OCc6ccccc6)c5)c4)cc3)c3ccccc23)cc1. The van der Waals surface area contributed by atoms with Gasteiger partial charge in [-0.05, 0) is 143 Å². The first-order valence-electron chi connectivity index (χ1n) is 28.2. The van der Waals surface area contributed by atoms with Gasteiger partial charge >= 0.3 is 5.97 Å². The van der Waals surface area contributed by atoms with Crippen molar-refractivity contribution in [2.45, 2.75) is 46.2 Å². The average Bonchev–Trinajstić information content (AvgIpc) is 3.40. The molecule has 0 radical (unpaired) electrons. The van der Waals surface area contributed by atoms with E-state index in [1.54, 1.807) is 12.1 Å². The highest BCUT2D eigenvalue weighted by Crippen LogP contribution is 2.44. The maximum absolute atomic E-state index is 11.8. The highest BCUT2D eigenvalue weighted by Gasteiger charge is 2.18. The summed E-state index contributed by atoms with van der Waals surface area (Å²) in [7, 11) is 0. The number of hydrogen-bond donors (Lipinski definition) is 1. The lowest BCUT2D eigenvalue weighted by molar-refractivity contribution is 0.0696. The van der Waals surface area contributed by atoms with Crippen molar-refractivity contribution in [1.82, 2.24) is 0 Å². The maximum atomic E-state index is 11.8. The molecule has 0 aliphatic heterocycles. The molecule has 0 amide bonds. The molecule has 12 aromatic carbocycles. The van der Waals surface area contributed by atoms with Crippen LogP contribution in [0.1, 0.15) is 49.3 Å². The zero-order chi connectivity index (χ0) is 57.6. The molecule has 0 aliphatic carbocycles. The Morgan fingerprint density at radius 2 is 0.482 bits per heavy atom. The van der Waals surface area contributed by atoms with Gasteiger partial charge in [-0.15, -0.1) is 0 Å². The fraction of sp³-hybridized carbons (Fsp3) is 0.0921. The maximum Gasteiger partial charge on any atom is 0.335 e. The van der Waals surface area contributed by atoms with Gasteiger partial charge in [0.2, 0.25) is 0 Å². The molecule has 9 nitrogen and oxygen atoms in total. The second-order valence-electron chi connectivity index (χ2n) is 20.6. The van der Waals surface area contributed by atoms with Crippen LogP contribution in [-0.4, -0.2) is 11.1 Å². The number of carbonyl (C=O) groups is 1. The van der Waals surface area contributed by atoms with E-state index in [0.29, 0.717) is 66.7 Å². The topological polar surface area (TPSA) is 102 Å². The highest BCUT2D eigenvalue weighted by molar-refractivity contribution is 6.21. The lowest BCUT2D eigenvalue weighted by Gasteiger charge is -2.18. The van der Waals surface area contributed by atoms with Crippen molar-refractivity contribution in [3.63, 3.8) is 0 Å². The van der Waals surface area contributed by atoms with Crippen LogP contribution in [-0.2, 0) is 46.2 Å². The van der Waals surface area contributed by atoms with Gasteiger partial charge in [-0.2, -0.15) is 0 Å². The van der Waals surface area contributed by atoms with Crippen LogP contribution in [0.25, 0.3) is 43.8 Å². The molecule has 1 N–H and O–H groups in total. The third kappa shape index (κ3) is 14.1. The Morgan fingerprint density at radius 3 is 0.753 bits per heavy atom. The van der Waals surface area contributed by atoms with Gasteiger partial charge < -0.3 is 38.3 Å². The number of fused-ring (bicyclic) bond motifs is 2. The number of carboxylic acid groups (broad SMARTS) is 1. The van der Waals surface area contributed by atoms with Crippen molar-refractivity contribution in [3.8, 4) is 62.5 Å². The zero-order valence-electron chi connectivity index (χ0n) is 46.6. The molecule has 0 atom stereocenters. The number of ether oxygens (including phenoxy) is 7. The first-order chi connectivity index (χ1) is 41.9. The van der Waals surface area contributed by atoms with Gasteiger partial charge in [-0.3, -0.25) is 0 Å². The fourth-order valence-corrected chi connectivity index (χ4v) is 10.4. The first-order valence-corrected chi connectivity index (χ1v) is 28.2. The van der Waals surface area contributed by atoms with E-state index in [2.05, 4.69) is 48.5 Å². The van der Waals surface area contributed by atoms with Crippen LogP contribution in [0, 0.1) is 0 Å². The van der Waals surface area contributed by atoms with Crippen LogP contribution >= 0.6 is 0 Å². The monoisotopic (exact) mass is 1120 g/mol. The lowest BCUT2D eigenvalue weighted by Crippen LogP contribution is -2.04. The number of rotatable bonds is 24. The van der Waals surface area contributed by atoms with Gasteiger partial charge in [0.25, 0.3) is 0 Å². The van der Waals surface area contributed by atoms with Crippen molar-refractivity contribution >= 4 is 27.5 Å². The molecule has 0 unspecified atom stereocenters. The van der Waals surface area contributed by atoms with E-state index in [1.165, 1.54) is 0 Å². The number of carboxylic acids is 1. The number of benzene rings is 12. The van der Waals surface area contributed by atoms with E-state index >= 15 is 0 Å². The third-order valence-corrected chi connectivity index (χ3v) is 14.5. The van der Waals surface area contributed by atoms with Crippen LogP contribution in [0.2, 0.25) is 0 Å². The summed E-state index contributed by atoms with van der Waals surface area (Å²) in [5.74, 6) is 3.55. The molecule has 85 heavy (non-hydrogen) atoms. The van der Waals surface area contributed by atoms with E-state index in [0.717, 1.165) is 82.7 Å². The minimum atomic E-state index is -0.955. The first kappa shape index (κ1) is 54.8. The smallest absolute Gasteiger partial charge is 0.335 e. The molecule has 12 aromatic rings. The molecule has 0 aromatic heterocycles. The van der Waals surface area contributed by atoms with Crippen molar-refractivity contribution in [2.75, 3.05) is 0 Å². The van der Waals surface area contributed by atoms with E-state index in [1.807, 2.05) is 212 Å². The Labute approximate surface area is 494 Å². The zero-order valence-corrected chi connectivity index (χ0v) is 46.6. The van der Waals surface area contributed by atoms with Crippen LogP contribution in [0.5, 0.6) is 40.2 Å². The van der Waals surface area contributed by atoms with Gasteiger partial charge in [0.15, 0.2) is 0 Å². The largest absolute Gasteiger partial charge is 0.489 e. The van der Waals surface area contributed by atoms with E-state index in [-0.39, 0.29) is 25.4 Å². The predicted molar refractivity (Wildman–Crippen MR) is 335 cm³/mol. The Balaban J connectivity index is 0.825. The molecule has 12 rings (SSSR count). The molecule has 0 saturated carbocycles. The Hall–Kier alpha value is -10.8. The summed E-state index contributed by atoms with van der Waals surface area (Å²) in [6.07, 6.45) is 0. The summed E-state index contributed by atoms with van der Waals surface area (Å²) in [5.41, 5.74) is 11.1. The van der Waals surface area contributed by atoms with Gasteiger partial charge in [0, 0.05) is 18.2 Å². The molecule has 0 spiro atoms. The third-order valence-electron chi connectivity index (χ3n) is 14.5. The van der Waals surface area contributed by atoms with Gasteiger partial charge in [-0.1, -0.05) is 194 Å². The molecule has 0 aliphatic rings. The molecular weight excluding hydrogens is 1060 g/mol. The Kier molecular flexibility index (Phi) is 17.0. The normalized spacial score (nSPS) is 11.0. The Morgan fingerprint density at radius 1 is 0.247 bits per heavy atom. The van der Waals surface area contributed by atoms with Gasteiger partial charge in [0.05, 0.1) is 5.56 Å². The number of aromatic carboxylic acids is 1. The fourth-order valence-electron chi connectivity index (χ4n) is 10.4. The summed E-state index contributed by atoms with van der Waals surface area (Å²) in [6.45, 7) is 2.21. The highest BCUT2D eigenvalue weighted by atomic mass is 16.5. The van der Waals surface area contributed by atoms with Crippen molar-refractivity contribution in [1.29, 1.82) is 0 Å². The number of hydrogen-bond acceptors (Lipinski definition) is 8. The van der Waals surface area contributed by atoms with Crippen LogP contribution in [0.15, 0.2) is 273 Å². The summed E-state index contributed by atoms with van der Waals surface area (Å²) < 4.78 is 45.4. The van der Waals surface area contributed by atoms with Gasteiger partial charge in [-0.25, -0.2) is 4.79 Å². The quantitative estimate of drug-likeness (QED) is 0.0593. The molecule has 0 bridgehead atoms. The second-order valence-corrected chi connectivity index (χ2v) is 20.6. The minimum Gasteiger partial charge on any atom is -0.489 e. The molecular formula is C76H60O9. The summed E-state index contributed by atoms with van der Waals surface area (Å²) in [4.78, 5) is 11.8. The standard InChI is InChI=1S/C76H60O9/c77-76(78)62-31-29-60(30-32-62)74-70-25-13-15-27-72(70)75(73-28-16-14-26-71(73)74)61-33-35-63(36-34-61)79-50-57-37-68(84-51-58-39-64(80-46-53-17-5-1-6-18-53)43-65(40-58)81-47-54-19-7-2-8-20-54)45-69(38-57)85-52-59-41-66(82-48-55-21-9-3-10-22-55)44-67(42-59)83-49-56-23-11-4-12-24-56/h1-45H,46-52H2,(H,77,78). The van der Waals surface area contributed by atoms with Crippen molar-refractivity contribution in [2.24, 2.45) is 0 Å². The van der Waals surface area contributed by atoms with Crippen LogP contribution < -0.4 is 33.2 Å². The van der Waals surface area contributed by atoms with Crippen molar-refractivity contribution in [3.05, 3.63) is 317 Å². The molecule has 0 heterocycles. The molecule has 418 valence electrons. The average molecular weight is 1120 g/mol. The van der Waals surface area contributed by atoms with E-state index in [9.17, 15) is 9.90 Å². The predicted octanol–water partition coefficient (Wildman–Crippen LogP) is 18.1. The summed E-state index contributed by atoms with van der Waals surface area (Å²) in [6, 6.07) is 90.0. The summed E-state index contributed by atoms with van der Waals surface area (Å²) in [5, 5.41) is 14.0. The van der Waals surface area contributed by atoms with E-state index < -0.39 is 5.97 Å². The molecule has 0 fully saturated rings. The van der Waals surface area contributed by atoms with E-state index in [4.69, 9.17) is 33.2 Å².